The molecule has 1 fully saturated rings. The number of carbonyl (C=O) groups is 1. The van der Waals surface area contributed by atoms with Crippen molar-refractivity contribution in [3.8, 4) is 11.4 Å². The number of aromatic nitrogens is 2. The van der Waals surface area contributed by atoms with E-state index in [-0.39, 0.29) is 5.91 Å². The van der Waals surface area contributed by atoms with Gasteiger partial charge in [0.25, 0.3) is 0 Å². The van der Waals surface area contributed by atoms with Gasteiger partial charge in [-0.3, -0.25) is 9.69 Å². The van der Waals surface area contributed by atoms with E-state index in [4.69, 9.17) is 4.52 Å². The highest BCUT2D eigenvalue weighted by atomic mass is 32.1. The average molecular weight is 348 g/mol. The highest BCUT2D eigenvalue weighted by molar-refractivity contribution is 7.08. The zero-order chi connectivity index (χ0) is 16.9. The Kier molecular flexibility index (Phi) is 5.63. The second kappa shape index (κ2) is 7.90. The van der Waals surface area contributed by atoms with E-state index >= 15 is 0 Å². The zero-order valence-corrected chi connectivity index (χ0v) is 15.1. The van der Waals surface area contributed by atoms with E-state index in [0.717, 1.165) is 38.3 Å². The number of aryl methyl sites for hydroxylation is 1. The van der Waals surface area contributed by atoms with Crippen LogP contribution >= 0.6 is 11.3 Å². The number of thiophene rings is 1. The Morgan fingerprint density at radius 2 is 2.12 bits per heavy atom. The first-order chi connectivity index (χ1) is 11.6. The molecule has 7 heteroatoms. The van der Waals surface area contributed by atoms with Gasteiger partial charge in [-0.15, -0.1) is 0 Å². The first-order valence-corrected chi connectivity index (χ1v) is 9.41. The molecular weight excluding hydrogens is 324 g/mol. The summed E-state index contributed by atoms with van der Waals surface area (Å²) in [4.78, 5) is 21.1. The highest BCUT2D eigenvalue weighted by Gasteiger charge is 2.21. The molecule has 1 aliphatic rings. The standard InChI is InChI=1S/C17H24N4O2S/c1-13(2)11-20-6-8-21(9-7-20)16(22)4-3-15-18-17(19-23-15)14-5-10-24-12-14/h5,10,12-13H,3-4,6-9,11H2,1-2H3. The van der Waals surface area contributed by atoms with Crippen LogP contribution in [0, 0.1) is 5.92 Å². The molecule has 24 heavy (non-hydrogen) atoms. The predicted octanol–water partition coefficient (Wildman–Crippen LogP) is 2.53. The van der Waals surface area contributed by atoms with Gasteiger partial charge in [0.1, 0.15) is 0 Å². The Hall–Kier alpha value is -1.73. The summed E-state index contributed by atoms with van der Waals surface area (Å²) in [6.45, 7) is 9.12. The van der Waals surface area contributed by atoms with Gasteiger partial charge in [0.05, 0.1) is 0 Å². The van der Waals surface area contributed by atoms with Crippen LogP contribution in [0.4, 0.5) is 0 Å². The van der Waals surface area contributed by atoms with Crippen molar-refractivity contribution in [3.63, 3.8) is 0 Å². The maximum Gasteiger partial charge on any atom is 0.227 e. The summed E-state index contributed by atoms with van der Waals surface area (Å²) in [6.07, 6.45) is 0.928. The molecule has 6 nitrogen and oxygen atoms in total. The second-order valence-corrected chi connectivity index (χ2v) is 7.38. The Bertz CT molecular complexity index is 645. The summed E-state index contributed by atoms with van der Waals surface area (Å²) in [5.74, 6) is 1.97. The highest BCUT2D eigenvalue weighted by Crippen LogP contribution is 2.19. The fourth-order valence-electron chi connectivity index (χ4n) is 2.93. The van der Waals surface area contributed by atoms with Crippen LogP contribution in [0.2, 0.25) is 0 Å². The number of carbonyl (C=O) groups excluding carboxylic acids is 1. The molecule has 2 aromatic rings. The van der Waals surface area contributed by atoms with Crippen molar-refractivity contribution in [2.24, 2.45) is 5.92 Å². The maximum atomic E-state index is 12.4. The Balaban J connectivity index is 1.45. The summed E-state index contributed by atoms with van der Waals surface area (Å²) < 4.78 is 5.25. The summed E-state index contributed by atoms with van der Waals surface area (Å²) in [6, 6.07) is 1.96. The molecule has 130 valence electrons. The van der Waals surface area contributed by atoms with Crippen molar-refractivity contribution >= 4 is 17.2 Å². The van der Waals surface area contributed by atoms with E-state index in [1.807, 2.05) is 21.7 Å². The molecule has 3 rings (SSSR count). The molecule has 1 aliphatic heterocycles. The number of hydrogen-bond acceptors (Lipinski definition) is 6. The van der Waals surface area contributed by atoms with Crippen molar-refractivity contribution in [1.29, 1.82) is 0 Å². The quantitative estimate of drug-likeness (QED) is 0.803. The van der Waals surface area contributed by atoms with Crippen molar-refractivity contribution in [3.05, 3.63) is 22.7 Å². The molecule has 0 aromatic carbocycles. The minimum absolute atomic E-state index is 0.175. The predicted molar refractivity (Wildman–Crippen MR) is 93.8 cm³/mol. The minimum Gasteiger partial charge on any atom is -0.340 e. The Morgan fingerprint density at radius 3 is 2.79 bits per heavy atom. The van der Waals surface area contributed by atoms with Crippen LogP contribution in [0.1, 0.15) is 26.2 Å². The largest absolute Gasteiger partial charge is 0.340 e. The van der Waals surface area contributed by atoms with Crippen LogP contribution in [-0.2, 0) is 11.2 Å². The summed E-state index contributed by atoms with van der Waals surface area (Å²) in [5.41, 5.74) is 0.961. The first kappa shape index (κ1) is 17.1. The van der Waals surface area contributed by atoms with Gasteiger partial charge in [-0.1, -0.05) is 19.0 Å². The Labute approximate surface area is 146 Å². The normalized spacial score (nSPS) is 16.0. The number of nitrogens with zero attached hydrogens (tertiary/aromatic N) is 4. The van der Waals surface area contributed by atoms with Gasteiger partial charge in [-0.2, -0.15) is 16.3 Å². The number of piperazine rings is 1. The molecule has 0 radical (unpaired) electrons. The lowest BCUT2D eigenvalue weighted by Crippen LogP contribution is -2.49. The Morgan fingerprint density at radius 1 is 1.33 bits per heavy atom. The summed E-state index contributed by atoms with van der Waals surface area (Å²) in [5, 5.41) is 7.94. The van der Waals surface area contributed by atoms with E-state index in [9.17, 15) is 4.79 Å². The number of rotatable bonds is 6. The van der Waals surface area contributed by atoms with Crippen LogP contribution < -0.4 is 0 Å². The number of hydrogen-bond donors (Lipinski definition) is 0. The van der Waals surface area contributed by atoms with E-state index in [1.165, 1.54) is 0 Å². The van der Waals surface area contributed by atoms with Gasteiger partial charge in [0.15, 0.2) is 0 Å². The summed E-state index contributed by atoms with van der Waals surface area (Å²) in [7, 11) is 0. The smallest absolute Gasteiger partial charge is 0.227 e. The average Bonchev–Trinajstić information content (AvgIpc) is 3.24. The first-order valence-electron chi connectivity index (χ1n) is 8.47. The molecule has 1 amide bonds. The zero-order valence-electron chi connectivity index (χ0n) is 14.3. The maximum absolute atomic E-state index is 12.4. The molecule has 0 aliphatic carbocycles. The van der Waals surface area contributed by atoms with Crippen LogP contribution in [0.3, 0.4) is 0 Å². The van der Waals surface area contributed by atoms with Crippen molar-refractivity contribution < 1.29 is 9.32 Å². The molecule has 2 aromatic heterocycles. The minimum atomic E-state index is 0.175. The molecule has 3 heterocycles. The van der Waals surface area contributed by atoms with Crippen molar-refractivity contribution in [2.45, 2.75) is 26.7 Å². The molecule has 0 N–H and O–H groups in total. The lowest BCUT2D eigenvalue weighted by atomic mass is 10.2. The molecule has 0 bridgehead atoms. The molecule has 0 unspecified atom stereocenters. The van der Waals surface area contributed by atoms with E-state index in [2.05, 4.69) is 28.9 Å². The molecular formula is C17H24N4O2S. The van der Waals surface area contributed by atoms with Gasteiger partial charge in [0, 0.05) is 56.5 Å². The van der Waals surface area contributed by atoms with Gasteiger partial charge in [-0.05, 0) is 17.4 Å². The lowest BCUT2D eigenvalue weighted by molar-refractivity contribution is -0.133. The van der Waals surface area contributed by atoms with Gasteiger partial charge in [0.2, 0.25) is 17.6 Å². The fraction of sp³-hybridized carbons (Fsp3) is 0.588. The topological polar surface area (TPSA) is 62.5 Å². The van der Waals surface area contributed by atoms with Crippen LogP contribution in [0.5, 0.6) is 0 Å². The lowest BCUT2D eigenvalue weighted by Gasteiger charge is -2.35. The van der Waals surface area contributed by atoms with E-state index in [0.29, 0.717) is 30.5 Å². The third-order valence-corrected chi connectivity index (χ3v) is 4.83. The van der Waals surface area contributed by atoms with Gasteiger partial charge >= 0.3 is 0 Å². The molecule has 0 spiro atoms. The van der Waals surface area contributed by atoms with Crippen LogP contribution in [0.15, 0.2) is 21.3 Å². The van der Waals surface area contributed by atoms with Crippen LogP contribution in [-0.4, -0.2) is 58.6 Å². The fourth-order valence-corrected chi connectivity index (χ4v) is 3.57. The van der Waals surface area contributed by atoms with Gasteiger partial charge in [-0.25, -0.2) is 0 Å². The third kappa shape index (κ3) is 4.42. The summed E-state index contributed by atoms with van der Waals surface area (Å²) >= 11 is 1.60. The van der Waals surface area contributed by atoms with Crippen LogP contribution in [0.25, 0.3) is 11.4 Å². The third-order valence-electron chi connectivity index (χ3n) is 4.15. The SMILES string of the molecule is CC(C)CN1CCN(C(=O)CCc2nc(-c3ccsc3)no2)CC1. The monoisotopic (exact) mass is 348 g/mol. The molecule has 0 atom stereocenters. The van der Waals surface area contributed by atoms with Crippen molar-refractivity contribution in [1.82, 2.24) is 19.9 Å². The molecule has 1 saturated heterocycles. The van der Waals surface area contributed by atoms with Gasteiger partial charge < -0.3 is 9.42 Å². The van der Waals surface area contributed by atoms with E-state index in [1.54, 1.807) is 11.3 Å². The molecule has 0 saturated carbocycles. The number of amides is 1. The van der Waals surface area contributed by atoms with Crippen molar-refractivity contribution in [2.75, 3.05) is 32.7 Å². The van der Waals surface area contributed by atoms with E-state index < -0.39 is 0 Å². The second-order valence-electron chi connectivity index (χ2n) is 6.60.